The van der Waals surface area contributed by atoms with E-state index in [4.69, 9.17) is 5.73 Å². The van der Waals surface area contributed by atoms with Crippen molar-refractivity contribution < 1.29 is 4.79 Å². The predicted molar refractivity (Wildman–Crippen MR) is 89.9 cm³/mol. The zero-order chi connectivity index (χ0) is 16.4. The van der Waals surface area contributed by atoms with E-state index in [2.05, 4.69) is 53.4 Å². The zero-order valence-electron chi connectivity index (χ0n) is 15.1. The lowest BCUT2D eigenvalue weighted by Crippen LogP contribution is -2.53. The second-order valence-corrected chi connectivity index (χ2v) is 8.43. The molecule has 0 bridgehead atoms. The molecule has 3 nitrogen and oxygen atoms in total. The number of hydrogen-bond acceptors (Lipinski definition) is 2. The molecule has 0 heterocycles. The lowest BCUT2D eigenvalue weighted by Gasteiger charge is -2.47. The van der Waals surface area contributed by atoms with Crippen molar-refractivity contribution >= 4 is 5.91 Å². The lowest BCUT2D eigenvalue weighted by molar-refractivity contribution is -0.144. The minimum absolute atomic E-state index is 0.0129. The van der Waals surface area contributed by atoms with Gasteiger partial charge in [-0.3, -0.25) is 4.79 Å². The van der Waals surface area contributed by atoms with Gasteiger partial charge in [-0.1, -0.05) is 48.5 Å². The normalized spacial score (nSPS) is 29.0. The molecular weight excluding hydrogens is 260 g/mol. The molecule has 0 radical (unpaired) electrons. The van der Waals surface area contributed by atoms with Crippen LogP contribution in [0, 0.1) is 29.1 Å². The zero-order valence-corrected chi connectivity index (χ0v) is 15.1. The lowest BCUT2D eigenvalue weighted by atomic mass is 9.60. The van der Waals surface area contributed by atoms with Crippen LogP contribution in [0.25, 0.3) is 0 Å². The average molecular weight is 296 g/mol. The van der Waals surface area contributed by atoms with E-state index in [1.807, 2.05) is 0 Å². The Balaban J connectivity index is 2.91. The summed E-state index contributed by atoms with van der Waals surface area (Å²) >= 11 is 0. The van der Waals surface area contributed by atoms with Gasteiger partial charge >= 0.3 is 0 Å². The Morgan fingerprint density at radius 2 is 1.62 bits per heavy atom. The Labute approximate surface area is 131 Å². The van der Waals surface area contributed by atoms with Crippen LogP contribution in [0.15, 0.2) is 0 Å². The number of nitrogens with zero attached hydrogens (tertiary/aromatic N) is 1. The fourth-order valence-electron chi connectivity index (χ4n) is 3.65. The first-order valence-electron chi connectivity index (χ1n) is 8.61. The molecule has 1 aliphatic rings. The summed E-state index contributed by atoms with van der Waals surface area (Å²) in [5.41, 5.74) is 6.22. The van der Waals surface area contributed by atoms with Crippen molar-refractivity contribution in [3.63, 3.8) is 0 Å². The molecule has 1 rings (SSSR count). The van der Waals surface area contributed by atoms with Crippen LogP contribution in [0.2, 0.25) is 0 Å². The van der Waals surface area contributed by atoms with Crippen LogP contribution in [-0.2, 0) is 4.79 Å². The highest BCUT2D eigenvalue weighted by Crippen LogP contribution is 2.45. The average Bonchev–Trinajstić information content (AvgIpc) is 2.33. The molecule has 3 heteroatoms. The predicted octanol–water partition coefficient (Wildman–Crippen LogP) is 3.53. The SMILES string of the molecule is CC(C)CN(CC(C)C)C(=O)C1CCC(N)C(C)C1(C)C. The molecule has 124 valence electrons. The van der Waals surface area contributed by atoms with Crippen LogP contribution < -0.4 is 5.73 Å². The van der Waals surface area contributed by atoms with Gasteiger partial charge in [0.05, 0.1) is 0 Å². The molecule has 2 N–H and O–H groups in total. The third kappa shape index (κ3) is 4.45. The van der Waals surface area contributed by atoms with Crippen molar-refractivity contribution in [1.29, 1.82) is 0 Å². The highest BCUT2D eigenvalue weighted by atomic mass is 16.2. The van der Waals surface area contributed by atoms with Crippen LogP contribution in [0.4, 0.5) is 0 Å². The van der Waals surface area contributed by atoms with Gasteiger partial charge in [0.2, 0.25) is 5.91 Å². The van der Waals surface area contributed by atoms with Crippen molar-refractivity contribution in [2.75, 3.05) is 13.1 Å². The Hall–Kier alpha value is -0.570. The van der Waals surface area contributed by atoms with E-state index in [0.29, 0.717) is 23.7 Å². The summed E-state index contributed by atoms with van der Waals surface area (Å²) in [5, 5.41) is 0. The molecule has 1 fully saturated rings. The van der Waals surface area contributed by atoms with Gasteiger partial charge in [0.15, 0.2) is 0 Å². The largest absolute Gasteiger partial charge is 0.342 e. The fraction of sp³-hybridized carbons (Fsp3) is 0.944. The Bertz CT molecular complexity index is 339. The fourth-order valence-corrected chi connectivity index (χ4v) is 3.65. The van der Waals surface area contributed by atoms with Crippen LogP contribution in [-0.4, -0.2) is 29.9 Å². The summed E-state index contributed by atoms with van der Waals surface area (Å²) in [6, 6.07) is 0.229. The summed E-state index contributed by atoms with van der Waals surface area (Å²) in [7, 11) is 0. The van der Waals surface area contributed by atoms with Crippen LogP contribution in [0.3, 0.4) is 0 Å². The topological polar surface area (TPSA) is 46.3 Å². The second-order valence-electron chi connectivity index (χ2n) is 8.43. The molecule has 0 spiro atoms. The number of hydrogen-bond donors (Lipinski definition) is 1. The van der Waals surface area contributed by atoms with Crippen LogP contribution >= 0.6 is 0 Å². The molecule has 0 aromatic carbocycles. The first kappa shape index (κ1) is 18.5. The standard InChI is InChI=1S/C18H36N2O/c1-12(2)10-20(11-13(3)4)17(21)15-8-9-16(19)14(5)18(15,6)7/h12-16H,8-11,19H2,1-7H3. The third-order valence-corrected chi connectivity index (χ3v) is 5.28. The highest BCUT2D eigenvalue weighted by Gasteiger charge is 2.46. The maximum atomic E-state index is 13.1. The van der Waals surface area contributed by atoms with Gasteiger partial charge in [0.25, 0.3) is 0 Å². The quantitative estimate of drug-likeness (QED) is 0.843. The van der Waals surface area contributed by atoms with Gasteiger partial charge in [0, 0.05) is 25.0 Å². The summed E-state index contributed by atoms with van der Waals surface area (Å²) in [5.74, 6) is 1.88. The van der Waals surface area contributed by atoms with Gasteiger partial charge in [-0.05, 0) is 36.0 Å². The van der Waals surface area contributed by atoms with Crippen molar-refractivity contribution in [1.82, 2.24) is 4.90 Å². The molecule has 0 aromatic rings. The molecule has 21 heavy (non-hydrogen) atoms. The molecule has 1 saturated carbocycles. The van der Waals surface area contributed by atoms with Crippen LogP contribution in [0.1, 0.15) is 61.3 Å². The molecule has 3 atom stereocenters. The maximum absolute atomic E-state index is 13.1. The summed E-state index contributed by atoms with van der Waals surface area (Å²) in [6.07, 6.45) is 1.90. The smallest absolute Gasteiger partial charge is 0.226 e. The minimum Gasteiger partial charge on any atom is -0.342 e. The van der Waals surface area contributed by atoms with E-state index in [9.17, 15) is 4.79 Å². The van der Waals surface area contributed by atoms with Gasteiger partial charge in [-0.2, -0.15) is 0 Å². The molecule has 1 amide bonds. The Morgan fingerprint density at radius 1 is 1.14 bits per heavy atom. The number of nitrogens with two attached hydrogens (primary N) is 1. The van der Waals surface area contributed by atoms with Gasteiger partial charge < -0.3 is 10.6 Å². The summed E-state index contributed by atoms with van der Waals surface area (Å²) in [6.45, 7) is 17.1. The van der Waals surface area contributed by atoms with E-state index < -0.39 is 0 Å². The first-order chi connectivity index (χ1) is 9.57. The second kappa shape index (κ2) is 7.13. The number of rotatable bonds is 5. The molecule has 0 saturated heterocycles. The van der Waals surface area contributed by atoms with Gasteiger partial charge in [0.1, 0.15) is 0 Å². The van der Waals surface area contributed by atoms with E-state index >= 15 is 0 Å². The maximum Gasteiger partial charge on any atom is 0.226 e. The van der Waals surface area contributed by atoms with E-state index in [1.54, 1.807) is 0 Å². The summed E-state index contributed by atoms with van der Waals surface area (Å²) in [4.78, 5) is 15.2. The number of carbonyl (C=O) groups excluding carboxylic acids is 1. The van der Waals surface area contributed by atoms with Crippen molar-refractivity contribution in [2.45, 2.75) is 67.3 Å². The molecule has 1 aliphatic carbocycles. The Morgan fingerprint density at radius 3 is 2.05 bits per heavy atom. The molecular formula is C18H36N2O. The van der Waals surface area contributed by atoms with E-state index in [0.717, 1.165) is 25.9 Å². The highest BCUT2D eigenvalue weighted by molar-refractivity contribution is 5.80. The van der Waals surface area contributed by atoms with Gasteiger partial charge in [-0.15, -0.1) is 0 Å². The molecule has 3 unspecified atom stereocenters. The van der Waals surface area contributed by atoms with Crippen molar-refractivity contribution in [3.8, 4) is 0 Å². The molecule has 0 aromatic heterocycles. The first-order valence-corrected chi connectivity index (χ1v) is 8.61. The number of amides is 1. The monoisotopic (exact) mass is 296 g/mol. The van der Waals surface area contributed by atoms with Crippen molar-refractivity contribution in [3.05, 3.63) is 0 Å². The van der Waals surface area contributed by atoms with E-state index in [-0.39, 0.29) is 17.4 Å². The van der Waals surface area contributed by atoms with Crippen LogP contribution in [0.5, 0.6) is 0 Å². The minimum atomic E-state index is -0.0129. The van der Waals surface area contributed by atoms with Crippen molar-refractivity contribution in [2.24, 2.45) is 34.8 Å². The van der Waals surface area contributed by atoms with E-state index in [1.165, 1.54) is 0 Å². The Kier molecular flexibility index (Phi) is 6.27. The van der Waals surface area contributed by atoms with Gasteiger partial charge in [-0.25, -0.2) is 0 Å². The molecule has 0 aliphatic heterocycles. The summed E-state index contributed by atoms with van der Waals surface area (Å²) < 4.78 is 0. The third-order valence-electron chi connectivity index (χ3n) is 5.28. The number of carbonyl (C=O) groups is 1.